The van der Waals surface area contributed by atoms with Crippen molar-refractivity contribution in [2.75, 3.05) is 0 Å². The number of nitro groups is 1. The second-order valence-corrected chi connectivity index (χ2v) is 5.69. The number of nitro benzene ring substituents is 1. The lowest BCUT2D eigenvalue weighted by Gasteiger charge is -2.00. The predicted molar refractivity (Wildman–Crippen MR) is 91.7 cm³/mol. The van der Waals surface area contributed by atoms with Gasteiger partial charge in [-0.1, -0.05) is 24.3 Å². The monoisotopic (exact) mass is 409 g/mol. The minimum absolute atomic E-state index is 0.000823. The number of halogens is 1. The summed E-state index contributed by atoms with van der Waals surface area (Å²) in [6.45, 7) is 0. The summed E-state index contributed by atoms with van der Waals surface area (Å²) in [6, 6.07) is 13.5. The van der Waals surface area contributed by atoms with E-state index in [4.69, 9.17) is 0 Å². The number of hydrogen-bond acceptors (Lipinski definition) is 4. The van der Waals surface area contributed by atoms with Gasteiger partial charge in [-0.3, -0.25) is 14.9 Å². The third-order valence-corrected chi connectivity index (χ3v) is 3.50. The van der Waals surface area contributed by atoms with Gasteiger partial charge in [0.1, 0.15) is 0 Å². The van der Waals surface area contributed by atoms with Gasteiger partial charge in [-0.15, -0.1) is 0 Å². The molecule has 0 fully saturated rings. The number of carbonyl (C=O) groups is 1. The van der Waals surface area contributed by atoms with Gasteiger partial charge in [0.25, 0.3) is 5.69 Å². The van der Waals surface area contributed by atoms with Gasteiger partial charge in [0.2, 0.25) is 5.91 Å². The molecule has 0 bridgehead atoms. The standard InChI is InChI=1S/C15H12IN3O3/c16-13-5-1-12(2-6-13)10-17-18-15(20)9-11-3-7-14(8-4-11)19(21)22/h1-8,10H,9H2,(H,18,20)/b17-10-. The first-order chi connectivity index (χ1) is 10.5. The highest BCUT2D eigenvalue weighted by atomic mass is 127. The summed E-state index contributed by atoms with van der Waals surface area (Å²) < 4.78 is 1.12. The molecule has 0 aromatic heterocycles. The van der Waals surface area contributed by atoms with E-state index in [9.17, 15) is 14.9 Å². The Morgan fingerprint density at radius 1 is 1.18 bits per heavy atom. The van der Waals surface area contributed by atoms with Crippen LogP contribution in [0.5, 0.6) is 0 Å². The zero-order valence-corrected chi connectivity index (χ0v) is 13.6. The molecule has 112 valence electrons. The van der Waals surface area contributed by atoms with Crippen LogP contribution in [0.4, 0.5) is 5.69 Å². The maximum atomic E-state index is 11.7. The van der Waals surface area contributed by atoms with Gasteiger partial charge in [0, 0.05) is 15.7 Å². The van der Waals surface area contributed by atoms with Gasteiger partial charge < -0.3 is 0 Å². The number of benzene rings is 2. The van der Waals surface area contributed by atoms with Crippen molar-refractivity contribution < 1.29 is 9.72 Å². The Balaban J connectivity index is 1.87. The van der Waals surface area contributed by atoms with E-state index < -0.39 is 4.92 Å². The van der Waals surface area contributed by atoms with Crippen molar-refractivity contribution in [1.82, 2.24) is 5.43 Å². The molecule has 1 N–H and O–H groups in total. The van der Waals surface area contributed by atoms with Gasteiger partial charge >= 0.3 is 0 Å². The zero-order valence-electron chi connectivity index (χ0n) is 11.4. The number of non-ortho nitro benzene ring substituents is 1. The highest BCUT2D eigenvalue weighted by Crippen LogP contribution is 2.12. The summed E-state index contributed by atoms with van der Waals surface area (Å²) in [5.41, 5.74) is 4.00. The molecule has 1 amide bonds. The zero-order chi connectivity index (χ0) is 15.9. The maximum absolute atomic E-state index is 11.7. The van der Waals surface area contributed by atoms with Crippen LogP contribution in [-0.4, -0.2) is 17.0 Å². The second kappa shape index (κ2) is 7.64. The van der Waals surface area contributed by atoms with Crippen molar-refractivity contribution in [3.63, 3.8) is 0 Å². The largest absolute Gasteiger partial charge is 0.273 e. The lowest BCUT2D eigenvalue weighted by Crippen LogP contribution is -2.19. The van der Waals surface area contributed by atoms with Crippen molar-refractivity contribution in [3.8, 4) is 0 Å². The van der Waals surface area contributed by atoms with Crippen LogP contribution in [-0.2, 0) is 11.2 Å². The average Bonchev–Trinajstić information content (AvgIpc) is 2.50. The van der Waals surface area contributed by atoms with Crippen LogP contribution in [0.3, 0.4) is 0 Å². The van der Waals surface area contributed by atoms with Crippen LogP contribution in [0.15, 0.2) is 53.6 Å². The molecule has 2 aromatic rings. The Morgan fingerprint density at radius 3 is 2.41 bits per heavy atom. The fourth-order valence-corrected chi connectivity index (χ4v) is 2.05. The molecule has 2 rings (SSSR count). The van der Waals surface area contributed by atoms with Gasteiger partial charge in [0.15, 0.2) is 0 Å². The Hall–Kier alpha value is -2.29. The molecule has 0 aliphatic carbocycles. The van der Waals surface area contributed by atoms with Crippen LogP contribution in [0.2, 0.25) is 0 Å². The fraction of sp³-hybridized carbons (Fsp3) is 0.0667. The van der Waals surface area contributed by atoms with Crippen molar-refractivity contribution in [1.29, 1.82) is 0 Å². The smallest absolute Gasteiger partial charge is 0.269 e. The lowest BCUT2D eigenvalue weighted by molar-refractivity contribution is -0.384. The molecular formula is C15H12IN3O3. The number of hydrogen-bond donors (Lipinski definition) is 1. The predicted octanol–water partition coefficient (Wildman–Crippen LogP) is 2.89. The van der Waals surface area contributed by atoms with Crippen LogP contribution in [0, 0.1) is 13.7 Å². The van der Waals surface area contributed by atoms with Crippen LogP contribution < -0.4 is 5.43 Å². The lowest BCUT2D eigenvalue weighted by atomic mass is 10.1. The number of rotatable bonds is 5. The second-order valence-electron chi connectivity index (χ2n) is 4.45. The molecule has 0 atom stereocenters. The first kappa shape index (κ1) is 16.1. The van der Waals surface area contributed by atoms with E-state index in [1.54, 1.807) is 18.3 Å². The summed E-state index contributed by atoms with van der Waals surface area (Å²) in [5.74, 6) is -0.282. The van der Waals surface area contributed by atoms with E-state index in [0.29, 0.717) is 5.56 Å². The Labute approximate surface area is 140 Å². The molecule has 0 saturated carbocycles. The molecule has 7 heteroatoms. The molecule has 0 heterocycles. The molecule has 6 nitrogen and oxygen atoms in total. The molecule has 0 unspecified atom stereocenters. The molecule has 0 saturated heterocycles. The third-order valence-electron chi connectivity index (χ3n) is 2.78. The minimum atomic E-state index is -0.477. The van der Waals surface area contributed by atoms with Crippen LogP contribution in [0.1, 0.15) is 11.1 Å². The Kier molecular flexibility index (Phi) is 5.59. The molecular weight excluding hydrogens is 397 g/mol. The molecule has 0 aliphatic rings. The normalized spacial score (nSPS) is 10.6. The number of carbonyl (C=O) groups excluding carboxylic acids is 1. The van der Waals surface area contributed by atoms with Gasteiger partial charge in [0.05, 0.1) is 17.6 Å². The maximum Gasteiger partial charge on any atom is 0.269 e. The topological polar surface area (TPSA) is 84.6 Å². The highest BCUT2D eigenvalue weighted by molar-refractivity contribution is 14.1. The summed E-state index contributed by atoms with van der Waals surface area (Å²) >= 11 is 2.21. The summed E-state index contributed by atoms with van der Waals surface area (Å²) in [7, 11) is 0. The number of amides is 1. The Bertz CT molecular complexity index is 697. The summed E-state index contributed by atoms with van der Waals surface area (Å²) in [5, 5.41) is 14.4. The molecule has 0 aliphatic heterocycles. The summed E-state index contributed by atoms with van der Waals surface area (Å²) in [6.07, 6.45) is 1.67. The Morgan fingerprint density at radius 2 is 1.82 bits per heavy atom. The van der Waals surface area contributed by atoms with Crippen molar-refractivity contribution >= 4 is 40.4 Å². The number of nitrogens with zero attached hydrogens (tertiary/aromatic N) is 2. The molecule has 0 radical (unpaired) electrons. The average molecular weight is 409 g/mol. The van der Waals surface area contributed by atoms with Crippen molar-refractivity contribution in [2.45, 2.75) is 6.42 Å². The summed E-state index contributed by atoms with van der Waals surface area (Å²) in [4.78, 5) is 21.8. The first-order valence-corrected chi connectivity index (χ1v) is 7.43. The van der Waals surface area contributed by atoms with Gasteiger partial charge in [-0.05, 0) is 45.9 Å². The van der Waals surface area contributed by atoms with E-state index >= 15 is 0 Å². The van der Waals surface area contributed by atoms with Crippen molar-refractivity contribution in [3.05, 3.63) is 73.3 Å². The first-order valence-electron chi connectivity index (χ1n) is 6.35. The minimum Gasteiger partial charge on any atom is -0.273 e. The van der Waals surface area contributed by atoms with E-state index in [2.05, 4.69) is 33.1 Å². The van der Waals surface area contributed by atoms with E-state index in [-0.39, 0.29) is 18.0 Å². The molecule has 0 spiro atoms. The quantitative estimate of drug-likeness (QED) is 0.357. The fourth-order valence-electron chi connectivity index (χ4n) is 1.69. The molecule has 22 heavy (non-hydrogen) atoms. The van der Waals surface area contributed by atoms with Gasteiger partial charge in [-0.2, -0.15) is 5.10 Å². The van der Waals surface area contributed by atoms with Gasteiger partial charge in [-0.25, -0.2) is 5.43 Å². The SMILES string of the molecule is O=C(Cc1ccc([N+](=O)[O-])cc1)N/N=C\c1ccc(I)cc1. The third kappa shape index (κ3) is 4.92. The van der Waals surface area contributed by atoms with E-state index in [1.807, 2.05) is 24.3 Å². The number of nitrogens with one attached hydrogen (secondary N) is 1. The number of hydrazone groups is 1. The van der Waals surface area contributed by atoms with E-state index in [1.165, 1.54) is 12.1 Å². The van der Waals surface area contributed by atoms with Crippen molar-refractivity contribution in [2.24, 2.45) is 5.10 Å². The van der Waals surface area contributed by atoms with E-state index in [0.717, 1.165) is 9.13 Å². The highest BCUT2D eigenvalue weighted by Gasteiger charge is 2.06. The van der Waals surface area contributed by atoms with Crippen LogP contribution in [0.25, 0.3) is 0 Å². The molecule has 2 aromatic carbocycles. The van der Waals surface area contributed by atoms with Crippen LogP contribution >= 0.6 is 22.6 Å².